The topological polar surface area (TPSA) is 60.4 Å². The van der Waals surface area contributed by atoms with Crippen LogP contribution in [0.25, 0.3) is 0 Å². The molecule has 2 atom stereocenters. The first-order chi connectivity index (χ1) is 9.45. The van der Waals surface area contributed by atoms with Crippen LogP contribution in [0.2, 0.25) is 0 Å². The lowest BCUT2D eigenvalue weighted by molar-refractivity contribution is -0.145. The quantitative estimate of drug-likeness (QED) is 0.297. The van der Waals surface area contributed by atoms with E-state index in [1.165, 1.54) is 0 Å². The SMILES string of the molecule is CN=C(OCCC(C)C)C1OC1C(=O)OCCC(C)C. The number of rotatable bonds is 8. The molecule has 20 heavy (non-hydrogen) atoms. The number of esters is 1. The zero-order chi connectivity index (χ0) is 15.1. The smallest absolute Gasteiger partial charge is 0.338 e. The van der Waals surface area contributed by atoms with E-state index in [0.29, 0.717) is 30.9 Å². The van der Waals surface area contributed by atoms with Crippen molar-refractivity contribution < 1.29 is 19.0 Å². The highest BCUT2D eigenvalue weighted by Crippen LogP contribution is 2.26. The van der Waals surface area contributed by atoms with E-state index in [9.17, 15) is 4.79 Å². The largest absolute Gasteiger partial charge is 0.479 e. The monoisotopic (exact) mass is 285 g/mol. The average molecular weight is 285 g/mol. The van der Waals surface area contributed by atoms with Crippen LogP contribution in [0, 0.1) is 11.8 Å². The highest BCUT2D eigenvalue weighted by molar-refractivity contribution is 5.92. The summed E-state index contributed by atoms with van der Waals surface area (Å²) in [6, 6.07) is 0. The molecule has 116 valence electrons. The third kappa shape index (κ3) is 5.90. The van der Waals surface area contributed by atoms with Gasteiger partial charge in [-0.25, -0.2) is 4.79 Å². The third-order valence-electron chi connectivity index (χ3n) is 3.07. The predicted molar refractivity (Wildman–Crippen MR) is 77.8 cm³/mol. The summed E-state index contributed by atoms with van der Waals surface area (Å²) in [6.45, 7) is 9.49. The summed E-state index contributed by atoms with van der Waals surface area (Å²) in [7, 11) is 1.65. The van der Waals surface area contributed by atoms with E-state index < -0.39 is 6.10 Å². The Morgan fingerprint density at radius 2 is 1.60 bits per heavy atom. The van der Waals surface area contributed by atoms with Gasteiger partial charge in [0.05, 0.1) is 13.2 Å². The first kappa shape index (κ1) is 17.0. The fraction of sp³-hybridized carbons (Fsp3) is 0.867. The number of ether oxygens (including phenoxy) is 3. The number of hydrogen-bond acceptors (Lipinski definition) is 5. The molecule has 0 bridgehead atoms. The summed E-state index contributed by atoms with van der Waals surface area (Å²) in [5, 5.41) is 0. The second-order valence-electron chi connectivity index (χ2n) is 5.92. The Kier molecular flexibility index (Phi) is 6.99. The normalized spacial score (nSPS) is 22.2. The van der Waals surface area contributed by atoms with E-state index in [4.69, 9.17) is 14.2 Å². The summed E-state index contributed by atoms with van der Waals surface area (Å²) < 4.78 is 16.1. The lowest BCUT2D eigenvalue weighted by Gasteiger charge is -2.08. The molecule has 0 aromatic carbocycles. The molecule has 1 saturated heterocycles. The first-order valence-electron chi connectivity index (χ1n) is 7.37. The minimum Gasteiger partial charge on any atom is -0.479 e. The number of carbonyl (C=O) groups excluding carboxylic acids is 1. The molecular formula is C15H27NO4. The second kappa shape index (κ2) is 8.25. The van der Waals surface area contributed by atoms with E-state index in [1.807, 2.05) is 0 Å². The Hall–Kier alpha value is -1.10. The van der Waals surface area contributed by atoms with Gasteiger partial charge in [-0.15, -0.1) is 0 Å². The molecular weight excluding hydrogens is 258 g/mol. The van der Waals surface area contributed by atoms with Gasteiger partial charge in [0.25, 0.3) is 0 Å². The average Bonchev–Trinajstić information content (AvgIpc) is 3.14. The van der Waals surface area contributed by atoms with Gasteiger partial charge in [-0.3, -0.25) is 4.99 Å². The van der Waals surface area contributed by atoms with Gasteiger partial charge in [0.2, 0.25) is 5.90 Å². The molecule has 0 radical (unpaired) electrons. The van der Waals surface area contributed by atoms with Crippen LogP contribution in [0.1, 0.15) is 40.5 Å². The van der Waals surface area contributed by atoms with Gasteiger partial charge < -0.3 is 14.2 Å². The van der Waals surface area contributed by atoms with Crippen molar-refractivity contribution in [3.8, 4) is 0 Å². The van der Waals surface area contributed by atoms with Crippen molar-refractivity contribution in [1.29, 1.82) is 0 Å². The molecule has 1 aliphatic rings. The van der Waals surface area contributed by atoms with Crippen LogP contribution in [0.15, 0.2) is 4.99 Å². The number of carbonyl (C=O) groups is 1. The van der Waals surface area contributed by atoms with Gasteiger partial charge in [0.15, 0.2) is 12.2 Å². The van der Waals surface area contributed by atoms with E-state index in [1.54, 1.807) is 7.05 Å². The van der Waals surface area contributed by atoms with Gasteiger partial charge in [-0.2, -0.15) is 0 Å². The zero-order valence-corrected chi connectivity index (χ0v) is 13.2. The van der Waals surface area contributed by atoms with E-state index in [-0.39, 0.29) is 12.1 Å². The van der Waals surface area contributed by atoms with Crippen molar-refractivity contribution in [3.63, 3.8) is 0 Å². The van der Waals surface area contributed by atoms with Crippen LogP contribution in [-0.4, -0.2) is 44.3 Å². The molecule has 5 nitrogen and oxygen atoms in total. The van der Waals surface area contributed by atoms with Crippen LogP contribution in [-0.2, 0) is 19.0 Å². The highest BCUT2D eigenvalue weighted by atomic mass is 16.7. The molecule has 5 heteroatoms. The van der Waals surface area contributed by atoms with E-state index in [0.717, 1.165) is 12.8 Å². The molecule has 0 spiro atoms. The van der Waals surface area contributed by atoms with Crippen molar-refractivity contribution in [2.75, 3.05) is 20.3 Å². The maximum Gasteiger partial charge on any atom is 0.338 e. The van der Waals surface area contributed by atoms with Crippen LogP contribution >= 0.6 is 0 Å². The molecule has 0 aromatic rings. The van der Waals surface area contributed by atoms with E-state index >= 15 is 0 Å². The fourth-order valence-corrected chi connectivity index (χ4v) is 1.63. The van der Waals surface area contributed by atoms with E-state index in [2.05, 4.69) is 32.7 Å². The molecule has 0 saturated carbocycles. The minimum absolute atomic E-state index is 0.316. The first-order valence-corrected chi connectivity index (χ1v) is 7.37. The molecule has 1 heterocycles. The number of nitrogens with zero attached hydrogens (tertiary/aromatic N) is 1. The second-order valence-corrected chi connectivity index (χ2v) is 5.92. The standard InChI is InChI=1S/C15H27NO4/c1-10(2)6-8-18-14(16-5)12-13(20-12)15(17)19-9-7-11(3)4/h10-13H,6-9H2,1-5H3. The maximum atomic E-state index is 11.7. The third-order valence-corrected chi connectivity index (χ3v) is 3.07. The fourth-order valence-electron chi connectivity index (χ4n) is 1.63. The molecule has 0 aliphatic carbocycles. The Morgan fingerprint density at radius 1 is 1.05 bits per heavy atom. The van der Waals surface area contributed by atoms with Crippen molar-refractivity contribution in [2.24, 2.45) is 16.8 Å². The van der Waals surface area contributed by atoms with Crippen molar-refractivity contribution >= 4 is 11.9 Å². The number of hydrogen-bond donors (Lipinski definition) is 0. The van der Waals surface area contributed by atoms with Crippen LogP contribution < -0.4 is 0 Å². The number of epoxide rings is 1. The lowest BCUT2D eigenvalue weighted by atomic mass is 10.1. The number of aliphatic imine (C=N–C) groups is 1. The summed E-state index contributed by atoms with van der Waals surface area (Å²) in [6.07, 6.45) is 0.913. The predicted octanol–water partition coefficient (Wildman–Crippen LogP) is 2.43. The highest BCUT2D eigenvalue weighted by Gasteiger charge is 2.51. The molecule has 1 rings (SSSR count). The van der Waals surface area contributed by atoms with Gasteiger partial charge in [-0.1, -0.05) is 27.7 Å². The van der Waals surface area contributed by atoms with Crippen molar-refractivity contribution in [2.45, 2.75) is 52.7 Å². The Morgan fingerprint density at radius 3 is 2.10 bits per heavy atom. The molecule has 1 aliphatic heterocycles. The lowest BCUT2D eigenvalue weighted by Crippen LogP contribution is -2.22. The van der Waals surface area contributed by atoms with Gasteiger partial charge in [-0.05, 0) is 24.7 Å². The summed E-state index contributed by atoms with van der Waals surface area (Å²) in [5.74, 6) is 1.27. The maximum absolute atomic E-state index is 11.7. The zero-order valence-electron chi connectivity index (χ0n) is 13.2. The summed E-state index contributed by atoms with van der Waals surface area (Å²) in [4.78, 5) is 15.8. The molecule has 0 aromatic heterocycles. The van der Waals surface area contributed by atoms with Gasteiger partial charge in [0.1, 0.15) is 0 Å². The Balaban J connectivity index is 2.27. The van der Waals surface area contributed by atoms with Crippen molar-refractivity contribution in [3.05, 3.63) is 0 Å². The molecule has 0 amide bonds. The van der Waals surface area contributed by atoms with Crippen LogP contribution in [0.4, 0.5) is 0 Å². The molecule has 1 fully saturated rings. The van der Waals surface area contributed by atoms with Gasteiger partial charge in [0, 0.05) is 7.05 Å². The van der Waals surface area contributed by atoms with Crippen LogP contribution in [0.5, 0.6) is 0 Å². The molecule has 2 unspecified atom stereocenters. The van der Waals surface area contributed by atoms with Gasteiger partial charge >= 0.3 is 5.97 Å². The van der Waals surface area contributed by atoms with Crippen LogP contribution in [0.3, 0.4) is 0 Å². The minimum atomic E-state index is -0.542. The van der Waals surface area contributed by atoms with Crippen molar-refractivity contribution in [1.82, 2.24) is 0 Å². The summed E-state index contributed by atoms with van der Waals surface area (Å²) >= 11 is 0. The Bertz CT molecular complexity index is 339. The molecule has 0 N–H and O–H groups in total. The Labute approximate surface area is 121 Å². The summed E-state index contributed by atoms with van der Waals surface area (Å²) in [5.41, 5.74) is 0.